The number of aromatic nitrogens is 2. The number of nitrogens with zero attached hydrogens (tertiary/aromatic N) is 2. The van der Waals surface area contributed by atoms with E-state index in [0.717, 1.165) is 5.56 Å². The summed E-state index contributed by atoms with van der Waals surface area (Å²) in [5.74, 6) is -0.295. The average Bonchev–Trinajstić information content (AvgIpc) is 3.34. The number of aromatic hydroxyl groups is 1. The number of amides is 2. The van der Waals surface area contributed by atoms with Crippen molar-refractivity contribution in [3.05, 3.63) is 76.3 Å². The number of hydrogen-bond donors (Lipinski definition) is 4. The van der Waals surface area contributed by atoms with Crippen LogP contribution in [-0.2, 0) is 22.6 Å². The Bertz CT molecular complexity index is 1120. The Balaban J connectivity index is 1.63. The van der Waals surface area contributed by atoms with Crippen LogP contribution in [0.5, 0.6) is 11.5 Å². The first-order valence-corrected chi connectivity index (χ1v) is 11.2. The van der Waals surface area contributed by atoms with Crippen molar-refractivity contribution in [3.8, 4) is 11.5 Å². The Morgan fingerprint density at radius 1 is 1.29 bits per heavy atom. The lowest BCUT2D eigenvalue weighted by Gasteiger charge is -2.16. The highest BCUT2D eigenvalue weighted by Gasteiger charge is 2.22. The summed E-state index contributed by atoms with van der Waals surface area (Å²) < 4.78 is 11.0. The monoisotopic (exact) mass is 529 g/mol. The Kier molecular flexibility index (Phi) is 9.04. The van der Waals surface area contributed by atoms with Gasteiger partial charge in [0.1, 0.15) is 12.6 Å². The minimum atomic E-state index is -0.966. The van der Waals surface area contributed by atoms with Gasteiger partial charge in [0, 0.05) is 18.3 Å². The average molecular weight is 530 g/mol. The molecular weight excluding hydrogens is 506 g/mol. The zero-order valence-electron chi connectivity index (χ0n) is 18.3. The molecule has 3 aromatic rings. The van der Waals surface area contributed by atoms with Gasteiger partial charge in [-0.1, -0.05) is 30.3 Å². The highest BCUT2D eigenvalue weighted by molar-refractivity contribution is 9.10. The molecule has 2 aromatic carbocycles. The first-order valence-electron chi connectivity index (χ1n) is 10.4. The van der Waals surface area contributed by atoms with Crippen LogP contribution in [0.15, 0.2) is 64.6 Å². The van der Waals surface area contributed by atoms with Gasteiger partial charge in [0.15, 0.2) is 11.5 Å². The van der Waals surface area contributed by atoms with Crippen molar-refractivity contribution in [1.82, 2.24) is 20.7 Å². The van der Waals surface area contributed by atoms with E-state index in [1.54, 1.807) is 25.3 Å². The van der Waals surface area contributed by atoms with Gasteiger partial charge in [-0.25, -0.2) is 15.2 Å². The smallest absolute Gasteiger partial charge is 0.408 e. The van der Waals surface area contributed by atoms with Crippen LogP contribution in [0.2, 0.25) is 0 Å². The lowest BCUT2D eigenvalue weighted by Crippen LogP contribution is -2.47. The lowest BCUT2D eigenvalue weighted by atomic mass is 10.1. The van der Waals surface area contributed by atoms with Crippen molar-refractivity contribution in [1.29, 1.82) is 0 Å². The van der Waals surface area contributed by atoms with E-state index < -0.39 is 18.0 Å². The standard InChI is InChI=1S/C23H24BrN5O5/c1-2-33-20-9-16(8-18(24)21(20)30)11-27-29-22(31)19(10-17-12-25-14-26-17)28-23(32)34-13-15-6-4-3-5-7-15/h3-9,11-12,14,19,30H,2,10,13H2,1H3,(H,25,26)(H,28,32)(H,29,31)/b27-11-/t19-/m0/s1. The van der Waals surface area contributed by atoms with Crippen LogP contribution in [0.4, 0.5) is 4.79 Å². The van der Waals surface area contributed by atoms with Crippen LogP contribution in [0, 0.1) is 0 Å². The summed E-state index contributed by atoms with van der Waals surface area (Å²) in [6, 6.07) is 11.4. The van der Waals surface area contributed by atoms with Crippen molar-refractivity contribution in [2.24, 2.45) is 5.10 Å². The molecule has 0 unspecified atom stereocenters. The zero-order chi connectivity index (χ0) is 24.3. The van der Waals surface area contributed by atoms with Gasteiger partial charge in [0.05, 0.1) is 23.6 Å². The van der Waals surface area contributed by atoms with Crippen molar-refractivity contribution < 1.29 is 24.2 Å². The molecule has 0 aliphatic rings. The number of hydrazone groups is 1. The second-order valence-electron chi connectivity index (χ2n) is 7.06. The molecular formula is C23H24BrN5O5. The minimum Gasteiger partial charge on any atom is -0.503 e. The Morgan fingerprint density at radius 2 is 2.09 bits per heavy atom. The number of phenolic OH excluding ortho intramolecular Hbond substituents is 1. The number of benzene rings is 2. The third kappa shape index (κ3) is 7.34. The molecule has 0 radical (unpaired) electrons. The number of hydrogen-bond acceptors (Lipinski definition) is 7. The summed E-state index contributed by atoms with van der Waals surface area (Å²) in [4.78, 5) is 31.9. The number of ether oxygens (including phenoxy) is 2. The van der Waals surface area contributed by atoms with Crippen LogP contribution < -0.4 is 15.5 Å². The fourth-order valence-corrected chi connectivity index (χ4v) is 3.37. The van der Waals surface area contributed by atoms with E-state index in [1.807, 2.05) is 30.3 Å². The predicted octanol–water partition coefficient (Wildman–Crippen LogP) is 3.26. The van der Waals surface area contributed by atoms with E-state index in [9.17, 15) is 14.7 Å². The summed E-state index contributed by atoms with van der Waals surface area (Å²) >= 11 is 3.25. The number of carbonyl (C=O) groups is 2. The number of aromatic amines is 1. The normalized spacial score (nSPS) is 11.7. The maximum Gasteiger partial charge on any atom is 0.408 e. The third-order valence-electron chi connectivity index (χ3n) is 4.54. The largest absolute Gasteiger partial charge is 0.503 e. The molecule has 0 bridgehead atoms. The number of imidazole rings is 1. The SMILES string of the molecule is CCOc1cc(/C=N\NC(=O)[C@H](Cc2cnc[nH]2)NC(=O)OCc2ccccc2)cc(Br)c1O. The van der Waals surface area contributed by atoms with Crippen LogP contribution in [0.25, 0.3) is 0 Å². The summed E-state index contributed by atoms with van der Waals surface area (Å²) in [7, 11) is 0. The van der Waals surface area contributed by atoms with E-state index in [1.165, 1.54) is 12.5 Å². The van der Waals surface area contributed by atoms with Gasteiger partial charge in [-0.3, -0.25) is 4.79 Å². The zero-order valence-corrected chi connectivity index (χ0v) is 19.9. The lowest BCUT2D eigenvalue weighted by molar-refractivity contribution is -0.123. The molecule has 1 heterocycles. The van der Waals surface area contributed by atoms with Gasteiger partial charge >= 0.3 is 6.09 Å². The van der Waals surface area contributed by atoms with E-state index in [4.69, 9.17) is 9.47 Å². The maximum absolute atomic E-state index is 12.8. The van der Waals surface area contributed by atoms with Gasteiger partial charge in [-0.15, -0.1) is 0 Å². The highest BCUT2D eigenvalue weighted by atomic mass is 79.9. The quantitative estimate of drug-likeness (QED) is 0.235. The van der Waals surface area contributed by atoms with Gasteiger partial charge in [0.25, 0.3) is 5.91 Å². The maximum atomic E-state index is 12.8. The van der Waals surface area contributed by atoms with E-state index in [0.29, 0.717) is 22.3 Å². The third-order valence-corrected chi connectivity index (χ3v) is 5.14. The van der Waals surface area contributed by atoms with E-state index >= 15 is 0 Å². The number of alkyl carbamates (subject to hydrolysis) is 1. The Hall–Kier alpha value is -3.86. The molecule has 11 heteroatoms. The molecule has 34 heavy (non-hydrogen) atoms. The van der Waals surface area contributed by atoms with Crippen LogP contribution in [-0.4, -0.2) is 45.9 Å². The summed E-state index contributed by atoms with van der Waals surface area (Å²) in [6.45, 7) is 2.24. The van der Waals surface area contributed by atoms with Crippen molar-refractivity contribution in [3.63, 3.8) is 0 Å². The second kappa shape index (κ2) is 12.4. The summed E-state index contributed by atoms with van der Waals surface area (Å²) in [5.41, 5.74) is 4.47. The predicted molar refractivity (Wildman–Crippen MR) is 129 cm³/mol. The first kappa shape index (κ1) is 24.8. The number of nitrogens with one attached hydrogen (secondary N) is 3. The molecule has 0 saturated carbocycles. The molecule has 4 N–H and O–H groups in total. The molecule has 0 saturated heterocycles. The molecule has 1 aromatic heterocycles. The Morgan fingerprint density at radius 3 is 2.79 bits per heavy atom. The van der Waals surface area contributed by atoms with Crippen molar-refractivity contribution >= 4 is 34.1 Å². The molecule has 0 aliphatic heterocycles. The number of phenols is 1. The topological polar surface area (TPSA) is 138 Å². The Labute approximate surface area is 204 Å². The fourth-order valence-electron chi connectivity index (χ4n) is 2.91. The number of rotatable bonds is 10. The summed E-state index contributed by atoms with van der Waals surface area (Å²) in [5, 5.41) is 16.5. The highest BCUT2D eigenvalue weighted by Crippen LogP contribution is 2.35. The molecule has 1 atom stereocenters. The molecule has 0 fully saturated rings. The van der Waals surface area contributed by atoms with Crippen LogP contribution in [0.1, 0.15) is 23.7 Å². The van der Waals surface area contributed by atoms with Gasteiger partial charge in [-0.2, -0.15) is 5.10 Å². The van der Waals surface area contributed by atoms with Crippen molar-refractivity contribution in [2.45, 2.75) is 26.0 Å². The van der Waals surface area contributed by atoms with Crippen LogP contribution in [0.3, 0.4) is 0 Å². The summed E-state index contributed by atoms with van der Waals surface area (Å²) in [6.07, 6.45) is 3.85. The second-order valence-corrected chi connectivity index (χ2v) is 7.91. The minimum absolute atomic E-state index is 0.0270. The number of carbonyl (C=O) groups excluding carboxylic acids is 2. The first-order chi connectivity index (χ1) is 16.5. The number of H-pyrrole nitrogens is 1. The molecule has 0 aliphatic carbocycles. The number of halogens is 1. The molecule has 3 rings (SSSR count). The van der Waals surface area contributed by atoms with Gasteiger partial charge < -0.3 is 24.9 Å². The molecule has 0 spiro atoms. The van der Waals surface area contributed by atoms with E-state index in [2.05, 4.69) is 41.7 Å². The van der Waals surface area contributed by atoms with E-state index in [-0.39, 0.29) is 24.5 Å². The van der Waals surface area contributed by atoms with Gasteiger partial charge in [0.2, 0.25) is 0 Å². The fraction of sp³-hybridized carbons (Fsp3) is 0.217. The van der Waals surface area contributed by atoms with Gasteiger partial charge in [-0.05, 0) is 46.1 Å². The van der Waals surface area contributed by atoms with Crippen molar-refractivity contribution in [2.75, 3.05) is 6.61 Å². The molecule has 178 valence electrons. The molecule has 2 amide bonds. The van der Waals surface area contributed by atoms with Crippen LogP contribution >= 0.6 is 15.9 Å². The molecule has 10 nitrogen and oxygen atoms in total.